The molecule has 1 heterocycles. The van der Waals surface area contributed by atoms with Gasteiger partial charge in [0.2, 0.25) is 0 Å². The molecule has 3 nitrogen and oxygen atoms in total. The second-order valence-corrected chi connectivity index (χ2v) is 4.11. The summed E-state index contributed by atoms with van der Waals surface area (Å²) in [5, 5.41) is 0. The van der Waals surface area contributed by atoms with Gasteiger partial charge in [0, 0.05) is 11.8 Å². The van der Waals surface area contributed by atoms with Gasteiger partial charge in [0.25, 0.3) is 0 Å². The molecule has 0 saturated carbocycles. The minimum atomic E-state index is 0.582. The van der Waals surface area contributed by atoms with Crippen LogP contribution in [0.2, 0.25) is 0 Å². The Kier molecular flexibility index (Phi) is 3.00. The fraction of sp³-hybridized carbons (Fsp3) is 0.214. The summed E-state index contributed by atoms with van der Waals surface area (Å²) in [7, 11) is 1.68. The van der Waals surface area contributed by atoms with Gasteiger partial charge in [0.15, 0.2) is 0 Å². The number of pyridine rings is 1. The summed E-state index contributed by atoms with van der Waals surface area (Å²) < 4.78 is 5.24. The maximum Gasteiger partial charge on any atom is 0.126 e. The topological polar surface area (TPSA) is 48.1 Å². The zero-order chi connectivity index (χ0) is 12.4. The van der Waals surface area contributed by atoms with Gasteiger partial charge in [0.1, 0.15) is 11.6 Å². The highest BCUT2D eigenvalue weighted by Gasteiger charge is 2.04. The first-order valence-electron chi connectivity index (χ1n) is 5.49. The number of hydrogen-bond donors (Lipinski definition) is 1. The van der Waals surface area contributed by atoms with Crippen LogP contribution < -0.4 is 10.5 Å². The number of ether oxygens (including phenoxy) is 1. The maximum absolute atomic E-state index is 5.71. The Balaban J connectivity index is 2.46. The summed E-state index contributed by atoms with van der Waals surface area (Å²) in [4.78, 5) is 4.17. The zero-order valence-electron chi connectivity index (χ0n) is 10.3. The fourth-order valence-electron chi connectivity index (χ4n) is 1.80. The summed E-state index contributed by atoms with van der Waals surface area (Å²) in [6, 6.07) is 8.13. The molecule has 0 radical (unpaired) electrons. The molecule has 0 atom stereocenters. The van der Waals surface area contributed by atoms with Crippen LogP contribution in [0.4, 0.5) is 5.82 Å². The van der Waals surface area contributed by atoms with Gasteiger partial charge in [-0.3, -0.25) is 0 Å². The number of aromatic nitrogens is 1. The van der Waals surface area contributed by atoms with Crippen molar-refractivity contribution in [3.63, 3.8) is 0 Å². The van der Waals surface area contributed by atoms with Crippen molar-refractivity contribution in [1.82, 2.24) is 4.98 Å². The molecule has 0 fully saturated rings. The molecule has 0 amide bonds. The van der Waals surface area contributed by atoms with Gasteiger partial charge in [-0.2, -0.15) is 0 Å². The third kappa shape index (κ3) is 2.23. The first-order chi connectivity index (χ1) is 8.11. The van der Waals surface area contributed by atoms with Crippen molar-refractivity contribution in [2.75, 3.05) is 12.8 Å². The Morgan fingerprint density at radius 3 is 2.35 bits per heavy atom. The third-order valence-electron chi connectivity index (χ3n) is 2.85. The lowest BCUT2D eigenvalue weighted by Crippen LogP contribution is -1.94. The van der Waals surface area contributed by atoms with Crippen LogP contribution in [-0.2, 0) is 0 Å². The van der Waals surface area contributed by atoms with E-state index in [1.807, 2.05) is 32.0 Å². The molecule has 0 aliphatic rings. The van der Waals surface area contributed by atoms with E-state index in [4.69, 9.17) is 10.5 Å². The van der Waals surface area contributed by atoms with Gasteiger partial charge in [0.05, 0.1) is 7.11 Å². The predicted octanol–water partition coefficient (Wildman–Crippen LogP) is 2.96. The van der Waals surface area contributed by atoms with Crippen molar-refractivity contribution < 1.29 is 4.74 Å². The van der Waals surface area contributed by atoms with E-state index in [-0.39, 0.29) is 0 Å². The van der Waals surface area contributed by atoms with Crippen molar-refractivity contribution in [2.45, 2.75) is 13.8 Å². The third-order valence-corrected chi connectivity index (χ3v) is 2.85. The van der Waals surface area contributed by atoms with E-state index in [1.165, 1.54) is 0 Å². The summed E-state index contributed by atoms with van der Waals surface area (Å²) >= 11 is 0. The summed E-state index contributed by atoms with van der Waals surface area (Å²) in [5.74, 6) is 1.48. The van der Waals surface area contributed by atoms with E-state index in [0.29, 0.717) is 5.82 Å². The predicted molar refractivity (Wildman–Crippen MR) is 70.1 cm³/mol. The van der Waals surface area contributed by atoms with E-state index in [1.54, 1.807) is 13.3 Å². The number of nitrogens with two attached hydrogens (primary N) is 1. The largest absolute Gasteiger partial charge is 0.496 e. The van der Waals surface area contributed by atoms with Crippen molar-refractivity contribution >= 4 is 5.82 Å². The molecule has 17 heavy (non-hydrogen) atoms. The first kappa shape index (κ1) is 11.5. The molecule has 3 heteroatoms. The van der Waals surface area contributed by atoms with Crippen molar-refractivity contribution in [3.05, 3.63) is 41.6 Å². The maximum atomic E-state index is 5.71. The monoisotopic (exact) mass is 228 g/mol. The Morgan fingerprint density at radius 2 is 1.76 bits per heavy atom. The Labute approximate surface area is 101 Å². The first-order valence-corrected chi connectivity index (χ1v) is 5.49. The van der Waals surface area contributed by atoms with Crippen LogP contribution in [0.15, 0.2) is 30.5 Å². The zero-order valence-corrected chi connectivity index (χ0v) is 10.3. The molecule has 0 aliphatic heterocycles. The molecular formula is C14H16N2O. The molecule has 2 rings (SSSR count). The average Bonchev–Trinajstić information content (AvgIpc) is 2.32. The lowest BCUT2D eigenvalue weighted by Gasteiger charge is -2.08. The standard InChI is InChI=1S/C14H16N2O/c1-9-6-11(4-5-13(9)17-3)12-7-10(2)14(15)16-8-12/h4-8H,1-3H3,(H2,15,16). The number of aryl methyl sites for hydroxylation is 2. The lowest BCUT2D eigenvalue weighted by molar-refractivity contribution is 0.412. The molecule has 0 saturated heterocycles. The van der Waals surface area contributed by atoms with Gasteiger partial charge < -0.3 is 10.5 Å². The molecule has 0 aliphatic carbocycles. The molecule has 88 valence electrons. The molecule has 0 unspecified atom stereocenters. The van der Waals surface area contributed by atoms with Gasteiger partial charge in [-0.15, -0.1) is 0 Å². The number of rotatable bonds is 2. The molecule has 2 aromatic rings. The molecule has 1 aromatic carbocycles. The number of benzene rings is 1. The van der Waals surface area contributed by atoms with E-state index >= 15 is 0 Å². The number of methoxy groups -OCH3 is 1. The van der Waals surface area contributed by atoms with Crippen molar-refractivity contribution in [3.8, 4) is 16.9 Å². The quantitative estimate of drug-likeness (QED) is 0.859. The molecule has 0 spiro atoms. The normalized spacial score (nSPS) is 10.3. The van der Waals surface area contributed by atoms with Crippen LogP contribution in [0.3, 0.4) is 0 Å². The second kappa shape index (κ2) is 4.45. The lowest BCUT2D eigenvalue weighted by atomic mass is 10.0. The van der Waals surface area contributed by atoms with Gasteiger partial charge in [-0.1, -0.05) is 6.07 Å². The van der Waals surface area contributed by atoms with Crippen LogP contribution in [0.25, 0.3) is 11.1 Å². The molecular weight excluding hydrogens is 212 g/mol. The van der Waals surface area contributed by atoms with Crippen molar-refractivity contribution in [2.24, 2.45) is 0 Å². The van der Waals surface area contributed by atoms with Crippen molar-refractivity contribution in [1.29, 1.82) is 0 Å². The van der Waals surface area contributed by atoms with Crippen LogP contribution in [-0.4, -0.2) is 12.1 Å². The number of nitrogens with zero attached hydrogens (tertiary/aromatic N) is 1. The van der Waals surface area contributed by atoms with E-state index < -0.39 is 0 Å². The Morgan fingerprint density at radius 1 is 1.06 bits per heavy atom. The molecule has 0 bridgehead atoms. The van der Waals surface area contributed by atoms with E-state index in [2.05, 4.69) is 11.1 Å². The van der Waals surface area contributed by atoms with Gasteiger partial charge in [-0.05, 0) is 48.7 Å². The average molecular weight is 228 g/mol. The highest BCUT2D eigenvalue weighted by molar-refractivity contribution is 5.67. The number of nitrogen functional groups attached to an aromatic ring is 1. The van der Waals surface area contributed by atoms with E-state index in [0.717, 1.165) is 28.0 Å². The summed E-state index contributed by atoms with van der Waals surface area (Å²) in [6.07, 6.45) is 1.80. The SMILES string of the molecule is COc1ccc(-c2cnc(N)c(C)c2)cc1C. The fourth-order valence-corrected chi connectivity index (χ4v) is 1.80. The van der Waals surface area contributed by atoms with Crippen LogP contribution in [0.5, 0.6) is 5.75 Å². The minimum Gasteiger partial charge on any atom is -0.496 e. The number of anilines is 1. The van der Waals surface area contributed by atoms with Gasteiger partial charge >= 0.3 is 0 Å². The smallest absolute Gasteiger partial charge is 0.126 e. The van der Waals surface area contributed by atoms with Gasteiger partial charge in [-0.25, -0.2) is 4.98 Å². The molecule has 2 N–H and O–H groups in total. The highest BCUT2D eigenvalue weighted by atomic mass is 16.5. The Bertz CT molecular complexity index is 550. The summed E-state index contributed by atoms with van der Waals surface area (Å²) in [5.41, 5.74) is 10.0. The summed E-state index contributed by atoms with van der Waals surface area (Å²) in [6.45, 7) is 3.99. The van der Waals surface area contributed by atoms with Crippen LogP contribution in [0.1, 0.15) is 11.1 Å². The number of hydrogen-bond acceptors (Lipinski definition) is 3. The minimum absolute atomic E-state index is 0.582. The Hall–Kier alpha value is -2.03. The second-order valence-electron chi connectivity index (χ2n) is 4.11. The van der Waals surface area contributed by atoms with Crippen LogP contribution in [0, 0.1) is 13.8 Å². The highest BCUT2D eigenvalue weighted by Crippen LogP contribution is 2.26. The van der Waals surface area contributed by atoms with E-state index in [9.17, 15) is 0 Å². The van der Waals surface area contributed by atoms with Crippen LogP contribution >= 0.6 is 0 Å². The molecule has 1 aromatic heterocycles.